The molecule has 1 atom stereocenters. The highest BCUT2D eigenvalue weighted by atomic mass is 16.3. The zero-order chi connectivity index (χ0) is 13.2. The van der Waals surface area contributed by atoms with Crippen molar-refractivity contribution in [3.63, 3.8) is 0 Å². The van der Waals surface area contributed by atoms with Gasteiger partial charge in [0, 0.05) is 43.9 Å². The molecule has 2 fully saturated rings. The maximum absolute atomic E-state index is 9.29. The minimum Gasteiger partial charge on any atom is -0.396 e. The molecule has 1 saturated heterocycles. The van der Waals surface area contributed by atoms with Crippen molar-refractivity contribution in [3.05, 3.63) is 29.3 Å². The van der Waals surface area contributed by atoms with E-state index < -0.39 is 0 Å². The highest BCUT2D eigenvalue weighted by Crippen LogP contribution is 2.29. The SMILES string of the molecule is Cc1ccc(N2CCC(CO)C2)c(CNC2CC2)c1. The van der Waals surface area contributed by atoms with Crippen LogP contribution in [0, 0.1) is 12.8 Å². The van der Waals surface area contributed by atoms with Gasteiger partial charge in [-0.3, -0.25) is 0 Å². The van der Waals surface area contributed by atoms with Crippen LogP contribution < -0.4 is 10.2 Å². The third kappa shape index (κ3) is 3.10. The fourth-order valence-corrected chi connectivity index (χ4v) is 2.91. The second-order valence-electron chi connectivity index (χ2n) is 6.07. The lowest BCUT2D eigenvalue weighted by Gasteiger charge is -2.23. The van der Waals surface area contributed by atoms with Gasteiger partial charge in [0.2, 0.25) is 0 Å². The van der Waals surface area contributed by atoms with Crippen molar-refractivity contribution in [2.45, 2.75) is 38.8 Å². The summed E-state index contributed by atoms with van der Waals surface area (Å²) in [5, 5.41) is 12.9. The number of benzene rings is 1. The molecular formula is C16H24N2O. The molecule has 1 saturated carbocycles. The van der Waals surface area contributed by atoms with Crippen LogP contribution in [0.2, 0.25) is 0 Å². The summed E-state index contributed by atoms with van der Waals surface area (Å²) < 4.78 is 0. The number of hydrogen-bond acceptors (Lipinski definition) is 3. The van der Waals surface area contributed by atoms with Crippen LogP contribution in [0.5, 0.6) is 0 Å². The molecule has 1 unspecified atom stereocenters. The standard InChI is InChI=1S/C16H24N2O/c1-12-2-5-16(18-7-6-13(10-18)11-19)14(8-12)9-17-15-3-4-15/h2,5,8,13,15,17,19H,3-4,6-7,9-11H2,1H3. The average molecular weight is 260 g/mol. The van der Waals surface area contributed by atoms with Crippen molar-refractivity contribution < 1.29 is 5.11 Å². The molecule has 2 aliphatic rings. The molecule has 0 radical (unpaired) electrons. The van der Waals surface area contributed by atoms with Crippen molar-refractivity contribution in [2.24, 2.45) is 5.92 Å². The molecule has 1 heterocycles. The highest BCUT2D eigenvalue weighted by molar-refractivity contribution is 5.55. The third-order valence-electron chi connectivity index (χ3n) is 4.28. The summed E-state index contributed by atoms with van der Waals surface area (Å²) in [6.45, 7) is 5.52. The fourth-order valence-electron chi connectivity index (χ4n) is 2.91. The number of rotatable bonds is 5. The Labute approximate surface area is 115 Å². The number of nitrogens with zero attached hydrogens (tertiary/aromatic N) is 1. The van der Waals surface area contributed by atoms with Crippen molar-refractivity contribution in [2.75, 3.05) is 24.6 Å². The Hall–Kier alpha value is -1.06. The van der Waals surface area contributed by atoms with Crippen LogP contribution >= 0.6 is 0 Å². The van der Waals surface area contributed by atoms with E-state index in [0.717, 1.165) is 32.1 Å². The van der Waals surface area contributed by atoms with Crippen molar-refractivity contribution in [1.82, 2.24) is 5.32 Å². The molecule has 1 aromatic carbocycles. The molecule has 0 spiro atoms. The zero-order valence-electron chi connectivity index (χ0n) is 11.7. The Kier molecular flexibility index (Phi) is 3.76. The molecule has 1 aliphatic heterocycles. The van der Waals surface area contributed by atoms with Crippen LogP contribution in [0.15, 0.2) is 18.2 Å². The Bertz CT molecular complexity index is 442. The number of hydrogen-bond donors (Lipinski definition) is 2. The quantitative estimate of drug-likeness (QED) is 0.850. The first-order valence-corrected chi connectivity index (χ1v) is 7.45. The van der Waals surface area contributed by atoms with Crippen LogP contribution in [0.3, 0.4) is 0 Å². The predicted octanol–water partition coefficient (Wildman–Crippen LogP) is 2.07. The monoisotopic (exact) mass is 260 g/mol. The molecule has 0 bridgehead atoms. The first-order chi connectivity index (χ1) is 9.26. The molecule has 104 valence electrons. The molecule has 1 aromatic rings. The van der Waals surface area contributed by atoms with Gasteiger partial charge in [-0.05, 0) is 37.8 Å². The van der Waals surface area contributed by atoms with Gasteiger partial charge in [0.25, 0.3) is 0 Å². The van der Waals surface area contributed by atoms with Crippen LogP contribution in [0.1, 0.15) is 30.4 Å². The van der Waals surface area contributed by atoms with Gasteiger partial charge in [-0.25, -0.2) is 0 Å². The predicted molar refractivity (Wildman–Crippen MR) is 78.4 cm³/mol. The topological polar surface area (TPSA) is 35.5 Å². The second kappa shape index (κ2) is 5.51. The molecular weight excluding hydrogens is 236 g/mol. The summed E-state index contributed by atoms with van der Waals surface area (Å²) >= 11 is 0. The van der Waals surface area contributed by atoms with Crippen molar-refractivity contribution in [1.29, 1.82) is 0 Å². The maximum atomic E-state index is 9.29. The highest BCUT2D eigenvalue weighted by Gasteiger charge is 2.25. The largest absolute Gasteiger partial charge is 0.396 e. The van der Waals surface area contributed by atoms with E-state index in [1.807, 2.05) is 0 Å². The van der Waals surface area contributed by atoms with E-state index in [1.54, 1.807) is 0 Å². The van der Waals surface area contributed by atoms with Crippen LogP contribution in [0.4, 0.5) is 5.69 Å². The first-order valence-electron chi connectivity index (χ1n) is 7.45. The van der Waals surface area contributed by atoms with E-state index in [2.05, 4.69) is 35.3 Å². The lowest BCUT2D eigenvalue weighted by Crippen LogP contribution is -2.24. The first kappa shape index (κ1) is 12.9. The van der Waals surface area contributed by atoms with Gasteiger partial charge in [0.1, 0.15) is 0 Å². The van der Waals surface area contributed by atoms with Gasteiger partial charge in [0.05, 0.1) is 0 Å². The minimum atomic E-state index is 0.317. The van der Waals surface area contributed by atoms with Gasteiger partial charge >= 0.3 is 0 Å². The van der Waals surface area contributed by atoms with E-state index in [9.17, 15) is 5.11 Å². The van der Waals surface area contributed by atoms with Gasteiger partial charge in [-0.1, -0.05) is 17.7 Å². The van der Waals surface area contributed by atoms with Gasteiger partial charge < -0.3 is 15.3 Å². The number of anilines is 1. The van der Waals surface area contributed by atoms with Crippen LogP contribution in [0.25, 0.3) is 0 Å². The molecule has 3 heteroatoms. The molecule has 19 heavy (non-hydrogen) atoms. The second-order valence-corrected chi connectivity index (χ2v) is 6.07. The van der Waals surface area contributed by atoms with E-state index in [4.69, 9.17) is 0 Å². The van der Waals surface area contributed by atoms with Gasteiger partial charge in [-0.15, -0.1) is 0 Å². The lowest BCUT2D eigenvalue weighted by molar-refractivity contribution is 0.238. The fraction of sp³-hybridized carbons (Fsp3) is 0.625. The molecule has 3 rings (SSSR count). The minimum absolute atomic E-state index is 0.317. The van der Waals surface area contributed by atoms with Crippen LogP contribution in [-0.4, -0.2) is 30.8 Å². The third-order valence-corrected chi connectivity index (χ3v) is 4.28. The molecule has 0 amide bonds. The summed E-state index contributed by atoms with van der Waals surface area (Å²) in [7, 11) is 0. The Balaban J connectivity index is 1.74. The molecule has 3 nitrogen and oxygen atoms in total. The van der Waals surface area contributed by atoms with Crippen LogP contribution in [-0.2, 0) is 6.54 Å². The molecule has 2 N–H and O–H groups in total. The summed E-state index contributed by atoms with van der Waals surface area (Å²) in [5.41, 5.74) is 4.09. The Morgan fingerprint density at radius 3 is 2.84 bits per heavy atom. The summed E-state index contributed by atoms with van der Waals surface area (Å²) in [6.07, 6.45) is 3.77. The zero-order valence-corrected chi connectivity index (χ0v) is 11.7. The van der Waals surface area contributed by atoms with Gasteiger partial charge in [-0.2, -0.15) is 0 Å². The van der Waals surface area contributed by atoms with Crippen molar-refractivity contribution >= 4 is 5.69 Å². The normalized spacial score (nSPS) is 23.1. The maximum Gasteiger partial charge on any atom is 0.0476 e. The van der Waals surface area contributed by atoms with E-state index >= 15 is 0 Å². The molecule has 1 aliphatic carbocycles. The Morgan fingerprint density at radius 1 is 1.32 bits per heavy atom. The number of aryl methyl sites for hydroxylation is 1. The summed E-state index contributed by atoms with van der Waals surface area (Å²) in [4.78, 5) is 2.43. The summed E-state index contributed by atoms with van der Waals surface area (Å²) in [6, 6.07) is 7.50. The smallest absolute Gasteiger partial charge is 0.0476 e. The van der Waals surface area contributed by atoms with E-state index in [0.29, 0.717) is 12.5 Å². The average Bonchev–Trinajstić information content (AvgIpc) is 3.13. The summed E-state index contributed by atoms with van der Waals surface area (Å²) in [5.74, 6) is 0.450. The Morgan fingerprint density at radius 2 is 2.16 bits per heavy atom. The van der Waals surface area contributed by atoms with E-state index in [1.165, 1.54) is 29.7 Å². The number of aliphatic hydroxyl groups excluding tert-OH is 1. The van der Waals surface area contributed by atoms with Gasteiger partial charge in [0.15, 0.2) is 0 Å². The van der Waals surface area contributed by atoms with Crippen molar-refractivity contribution in [3.8, 4) is 0 Å². The van der Waals surface area contributed by atoms with E-state index in [-0.39, 0.29) is 0 Å². The lowest BCUT2D eigenvalue weighted by atomic mass is 10.1. The molecule has 0 aromatic heterocycles. The number of nitrogens with one attached hydrogen (secondary N) is 1. The number of aliphatic hydroxyl groups is 1.